The molecule has 1 saturated heterocycles. The van der Waals surface area contributed by atoms with Gasteiger partial charge in [0, 0.05) is 18.5 Å². The van der Waals surface area contributed by atoms with Crippen LogP contribution in [0, 0.1) is 0 Å². The summed E-state index contributed by atoms with van der Waals surface area (Å²) in [5.74, 6) is 0.758. The summed E-state index contributed by atoms with van der Waals surface area (Å²) >= 11 is 0. The summed E-state index contributed by atoms with van der Waals surface area (Å²) in [6.07, 6.45) is 1.97. The maximum Gasteiger partial charge on any atom is 0.288 e. The molecule has 140 valence electrons. The van der Waals surface area contributed by atoms with Gasteiger partial charge in [-0.25, -0.2) is 0 Å². The van der Waals surface area contributed by atoms with Crippen LogP contribution in [0.25, 0.3) is 0 Å². The molecule has 2 atom stereocenters. The summed E-state index contributed by atoms with van der Waals surface area (Å²) in [5, 5.41) is 0. The first kappa shape index (κ1) is 17.7. The molecule has 5 nitrogen and oxygen atoms in total. The summed E-state index contributed by atoms with van der Waals surface area (Å²) < 4.78 is 5.17. The molecule has 0 aromatic heterocycles. The molecule has 4 rings (SSSR count). The van der Waals surface area contributed by atoms with Crippen molar-refractivity contribution in [3.05, 3.63) is 65.2 Å². The van der Waals surface area contributed by atoms with Crippen molar-refractivity contribution in [1.29, 1.82) is 0 Å². The lowest BCUT2D eigenvalue weighted by atomic mass is 9.98. The minimum Gasteiger partial charge on any atom is -0.497 e. The Balaban J connectivity index is 1.40. The number of benzene rings is 2. The van der Waals surface area contributed by atoms with Crippen molar-refractivity contribution in [2.45, 2.75) is 31.8 Å². The van der Waals surface area contributed by atoms with Gasteiger partial charge in [-0.1, -0.05) is 36.4 Å². The Bertz CT molecular complexity index is 847. The molecule has 0 spiro atoms. The van der Waals surface area contributed by atoms with Crippen molar-refractivity contribution >= 4 is 11.8 Å². The molecule has 27 heavy (non-hydrogen) atoms. The highest BCUT2D eigenvalue weighted by Gasteiger charge is 2.45. The topological polar surface area (TPSA) is 51.0 Å². The number of fused-ring (bicyclic) bond motifs is 1. The Morgan fingerprint density at radius 3 is 2.56 bits per heavy atom. The van der Waals surface area contributed by atoms with Crippen LogP contribution >= 0.6 is 0 Å². The van der Waals surface area contributed by atoms with E-state index < -0.39 is 0 Å². The molecule has 2 aliphatic rings. The van der Waals surface area contributed by atoms with Gasteiger partial charge in [-0.2, -0.15) is 0 Å². The molecule has 1 N–H and O–H groups in total. The highest BCUT2D eigenvalue weighted by molar-refractivity contribution is 6.04. The fourth-order valence-corrected chi connectivity index (χ4v) is 4.17. The molecule has 2 aromatic carbocycles. The molecule has 5 heteroatoms. The van der Waals surface area contributed by atoms with E-state index in [2.05, 4.69) is 18.2 Å². The summed E-state index contributed by atoms with van der Waals surface area (Å²) in [6.45, 7) is 2.18. The van der Waals surface area contributed by atoms with Crippen LogP contribution in [-0.4, -0.2) is 43.0 Å². The third-order valence-corrected chi connectivity index (χ3v) is 5.77. The normalized spacial score (nSPS) is 22.0. The van der Waals surface area contributed by atoms with Crippen molar-refractivity contribution in [3.63, 3.8) is 0 Å². The van der Waals surface area contributed by atoms with Crippen LogP contribution in [0.4, 0.5) is 0 Å². The van der Waals surface area contributed by atoms with Gasteiger partial charge in [0.15, 0.2) is 6.04 Å². The maximum atomic E-state index is 12.9. The highest BCUT2D eigenvalue weighted by atomic mass is 16.5. The van der Waals surface area contributed by atoms with Gasteiger partial charge in [0.1, 0.15) is 12.3 Å². The predicted octanol–water partition coefficient (Wildman–Crippen LogP) is 1.01. The molecule has 0 radical (unpaired) electrons. The number of carbonyl (C=O) groups is 2. The van der Waals surface area contributed by atoms with Crippen molar-refractivity contribution in [1.82, 2.24) is 4.90 Å². The lowest BCUT2D eigenvalue weighted by molar-refractivity contribution is -0.930. The van der Waals surface area contributed by atoms with Crippen LogP contribution in [0.1, 0.15) is 23.1 Å². The SMILES string of the molecule is COc1ccc(CCN2C(=O)C[C@H]([NH+]3CCc4ccccc4C3)C2=O)cc1. The summed E-state index contributed by atoms with van der Waals surface area (Å²) in [7, 11) is 1.64. The van der Waals surface area contributed by atoms with Crippen LogP contribution in [-0.2, 0) is 29.0 Å². The van der Waals surface area contributed by atoms with E-state index >= 15 is 0 Å². The van der Waals surface area contributed by atoms with E-state index in [1.54, 1.807) is 7.11 Å². The van der Waals surface area contributed by atoms with E-state index in [0.29, 0.717) is 19.4 Å². The largest absolute Gasteiger partial charge is 0.497 e. The molecular formula is C22H25N2O3+. The zero-order chi connectivity index (χ0) is 18.8. The molecule has 2 heterocycles. The number of nitrogens with one attached hydrogen (secondary N) is 1. The van der Waals surface area contributed by atoms with E-state index in [4.69, 9.17) is 4.74 Å². The maximum absolute atomic E-state index is 12.9. The minimum atomic E-state index is -0.235. The Hall–Kier alpha value is -2.66. The van der Waals surface area contributed by atoms with Gasteiger partial charge >= 0.3 is 0 Å². The van der Waals surface area contributed by atoms with Crippen molar-refractivity contribution < 1.29 is 19.2 Å². The van der Waals surface area contributed by atoms with Crippen LogP contribution in [0.3, 0.4) is 0 Å². The van der Waals surface area contributed by atoms with Crippen LogP contribution in [0.2, 0.25) is 0 Å². The summed E-state index contributed by atoms with van der Waals surface area (Å²) in [4.78, 5) is 28.1. The number of nitrogens with zero attached hydrogens (tertiary/aromatic N) is 1. The third-order valence-electron chi connectivity index (χ3n) is 5.77. The summed E-state index contributed by atoms with van der Waals surface area (Å²) in [6, 6.07) is 15.9. The van der Waals surface area contributed by atoms with Gasteiger partial charge in [-0.05, 0) is 29.7 Å². The number of carbonyl (C=O) groups excluding carboxylic acids is 2. The van der Waals surface area contributed by atoms with Gasteiger partial charge in [0.2, 0.25) is 5.91 Å². The monoisotopic (exact) mass is 365 g/mol. The zero-order valence-corrected chi connectivity index (χ0v) is 15.6. The van der Waals surface area contributed by atoms with Gasteiger partial charge in [-0.3, -0.25) is 14.5 Å². The molecule has 2 aromatic rings. The Kier molecular flexibility index (Phi) is 4.94. The lowest BCUT2D eigenvalue weighted by Gasteiger charge is -2.29. The molecule has 0 saturated carbocycles. The van der Waals surface area contributed by atoms with Crippen molar-refractivity contribution in [2.75, 3.05) is 20.2 Å². The Labute approximate surface area is 159 Å². The highest BCUT2D eigenvalue weighted by Crippen LogP contribution is 2.17. The average Bonchev–Trinajstić information content (AvgIpc) is 3.00. The first-order valence-electron chi connectivity index (χ1n) is 9.54. The molecule has 2 aliphatic heterocycles. The van der Waals surface area contributed by atoms with E-state index in [1.807, 2.05) is 30.3 Å². The third kappa shape index (κ3) is 3.60. The number of likely N-dealkylation sites (tertiary alicyclic amines) is 1. The second-order valence-electron chi connectivity index (χ2n) is 7.34. The van der Waals surface area contributed by atoms with Crippen LogP contribution in [0.15, 0.2) is 48.5 Å². The number of ether oxygens (including phenoxy) is 1. The van der Waals surface area contributed by atoms with Crippen LogP contribution in [0.5, 0.6) is 5.75 Å². The fraction of sp³-hybridized carbons (Fsp3) is 0.364. The van der Waals surface area contributed by atoms with E-state index in [9.17, 15) is 9.59 Å². The van der Waals surface area contributed by atoms with E-state index in [0.717, 1.165) is 30.8 Å². The van der Waals surface area contributed by atoms with Crippen LogP contribution < -0.4 is 9.64 Å². The Morgan fingerprint density at radius 2 is 1.81 bits per heavy atom. The number of quaternary nitrogens is 1. The van der Waals surface area contributed by atoms with Gasteiger partial charge in [-0.15, -0.1) is 0 Å². The fourth-order valence-electron chi connectivity index (χ4n) is 4.17. The lowest BCUT2D eigenvalue weighted by Crippen LogP contribution is -3.16. The van der Waals surface area contributed by atoms with Crippen molar-refractivity contribution in [2.24, 2.45) is 0 Å². The Morgan fingerprint density at radius 1 is 1.07 bits per heavy atom. The number of amides is 2. The van der Waals surface area contributed by atoms with E-state index in [1.165, 1.54) is 20.9 Å². The van der Waals surface area contributed by atoms with Gasteiger partial charge < -0.3 is 9.64 Å². The molecule has 2 amide bonds. The summed E-state index contributed by atoms with van der Waals surface area (Å²) in [5.41, 5.74) is 3.77. The van der Waals surface area contributed by atoms with Crippen molar-refractivity contribution in [3.8, 4) is 5.75 Å². The van der Waals surface area contributed by atoms with E-state index in [-0.39, 0.29) is 17.9 Å². The number of rotatable bonds is 5. The van der Waals surface area contributed by atoms with Gasteiger partial charge in [0.05, 0.1) is 20.1 Å². The number of imide groups is 1. The number of hydrogen-bond donors (Lipinski definition) is 1. The molecule has 1 fully saturated rings. The molecule has 0 bridgehead atoms. The number of methoxy groups -OCH3 is 1. The smallest absolute Gasteiger partial charge is 0.288 e. The van der Waals surface area contributed by atoms with Gasteiger partial charge in [0.25, 0.3) is 5.91 Å². The zero-order valence-electron chi connectivity index (χ0n) is 15.6. The minimum absolute atomic E-state index is 0.0112. The first-order valence-corrected chi connectivity index (χ1v) is 9.54. The molecule has 1 unspecified atom stereocenters. The number of hydrogen-bond acceptors (Lipinski definition) is 3. The predicted molar refractivity (Wildman–Crippen MR) is 102 cm³/mol. The standard InChI is InChI=1S/C22H24N2O3/c1-27-19-8-6-16(7-9-19)10-13-24-21(25)14-20(22(24)26)23-12-11-17-4-2-3-5-18(17)15-23/h2-9,20H,10-15H2,1H3/p+1/t20-/m0/s1. The average molecular weight is 365 g/mol. The molecule has 0 aliphatic carbocycles. The molecular weight excluding hydrogens is 340 g/mol. The quantitative estimate of drug-likeness (QED) is 0.805. The first-order chi connectivity index (χ1) is 13.2. The second kappa shape index (κ2) is 7.53. The second-order valence-corrected chi connectivity index (χ2v) is 7.34.